The van der Waals surface area contributed by atoms with Crippen LogP contribution in [0.25, 0.3) is 0 Å². The number of aryl methyl sites for hydroxylation is 1. The third kappa shape index (κ3) is 4.94. The average Bonchev–Trinajstić information content (AvgIpc) is 2.63. The fraction of sp³-hybridized carbons (Fsp3) is 0.143. The Morgan fingerprint density at radius 1 is 0.667 bits per heavy atom. The van der Waals surface area contributed by atoms with Gasteiger partial charge in [0.2, 0.25) is 8.32 Å². The minimum Gasteiger partial charge on any atom is -0.457 e. The fourth-order valence-corrected chi connectivity index (χ4v) is 9.01. The van der Waals surface area contributed by atoms with Gasteiger partial charge >= 0.3 is 8.80 Å². The minimum absolute atomic E-state index is 0.722. The molecular formula is C21H24O4Si2. The van der Waals surface area contributed by atoms with Crippen LogP contribution in [0.3, 0.4) is 0 Å². The van der Waals surface area contributed by atoms with Crippen molar-refractivity contribution in [2.75, 3.05) is 0 Å². The molecule has 0 aliphatic heterocycles. The van der Waals surface area contributed by atoms with E-state index < -0.39 is 17.1 Å². The molecule has 0 fully saturated rings. The van der Waals surface area contributed by atoms with Crippen LogP contribution in [0, 0.1) is 6.92 Å². The van der Waals surface area contributed by atoms with Crippen molar-refractivity contribution in [2.24, 2.45) is 0 Å². The lowest BCUT2D eigenvalue weighted by molar-refractivity contribution is 0.250. The van der Waals surface area contributed by atoms with Crippen LogP contribution in [0.5, 0.6) is 11.5 Å². The molecule has 0 radical (unpaired) electrons. The van der Waals surface area contributed by atoms with Crippen LogP contribution in [0.4, 0.5) is 0 Å². The lowest BCUT2D eigenvalue weighted by atomic mass is 10.2. The van der Waals surface area contributed by atoms with Gasteiger partial charge < -0.3 is 18.4 Å². The Morgan fingerprint density at radius 2 is 1.15 bits per heavy atom. The van der Waals surface area contributed by atoms with Gasteiger partial charge in [-0.1, -0.05) is 60.2 Å². The smallest absolute Gasteiger partial charge is 0.457 e. The lowest BCUT2D eigenvalue weighted by Crippen LogP contribution is -2.63. The summed E-state index contributed by atoms with van der Waals surface area (Å²) in [6.07, 6.45) is 0. The predicted molar refractivity (Wildman–Crippen MR) is 112 cm³/mol. The maximum Gasteiger partial charge on any atom is 0.482 e. The quantitative estimate of drug-likeness (QED) is 0.629. The lowest BCUT2D eigenvalue weighted by Gasteiger charge is -2.32. The number of benzene rings is 3. The van der Waals surface area contributed by atoms with Gasteiger partial charge in [-0.15, -0.1) is 0 Å². The highest BCUT2D eigenvalue weighted by atomic mass is 28.5. The van der Waals surface area contributed by atoms with Crippen LogP contribution in [0.1, 0.15) is 5.56 Å². The van der Waals surface area contributed by atoms with E-state index in [-0.39, 0.29) is 0 Å². The second kappa shape index (κ2) is 7.79. The molecule has 2 N–H and O–H groups in total. The SMILES string of the molecule is Cc1ccc(Oc2ccc([Si](C)(O[Si](C)(O)O)c3ccccc3)cc2)cc1. The monoisotopic (exact) mass is 396 g/mol. The number of ether oxygens (including phenoxy) is 1. The maximum atomic E-state index is 10.0. The Labute approximate surface area is 162 Å². The molecule has 0 saturated heterocycles. The zero-order valence-corrected chi connectivity index (χ0v) is 17.7. The summed E-state index contributed by atoms with van der Waals surface area (Å²) in [5.41, 5.74) is 1.18. The summed E-state index contributed by atoms with van der Waals surface area (Å²) in [4.78, 5) is 20.1. The molecule has 0 saturated carbocycles. The minimum atomic E-state index is -3.71. The molecule has 3 aromatic rings. The molecular weight excluding hydrogens is 372 g/mol. The van der Waals surface area contributed by atoms with Crippen molar-refractivity contribution in [2.45, 2.75) is 20.0 Å². The van der Waals surface area contributed by atoms with Gasteiger partial charge in [-0.25, -0.2) is 0 Å². The summed E-state index contributed by atoms with van der Waals surface area (Å²) in [6.45, 7) is 5.39. The highest BCUT2D eigenvalue weighted by Gasteiger charge is 2.42. The topological polar surface area (TPSA) is 58.9 Å². The standard InChI is InChI=1S/C21H24O4Si2/c1-17-9-11-18(12-10-17)24-19-13-15-21(16-14-19)26(2,25-27(3,22)23)20-7-5-4-6-8-20/h4-16,22-23H,1-3H3. The highest BCUT2D eigenvalue weighted by Crippen LogP contribution is 2.22. The maximum absolute atomic E-state index is 10.0. The van der Waals surface area contributed by atoms with E-state index in [1.54, 1.807) is 0 Å². The molecule has 1 unspecified atom stereocenters. The zero-order chi connectivity index (χ0) is 19.5. The van der Waals surface area contributed by atoms with E-state index in [9.17, 15) is 9.59 Å². The summed E-state index contributed by atoms with van der Waals surface area (Å²) >= 11 is 0. The van der Waals surface area contributed by atoms with Gasteiger partial charge in [-0.2, -0.15) is 0 Å². The molecule has 1 atom stereocenters. The fourth-order valence-electron chi connectivity index (χ4n) is 3.01. The second-order valence-corrected chi connectivity index (χ2v) is 12.8. The summed E-state index contributed by atoms with van der Waals surface area (Å²) in [7, 11) is -6.46. The van der Waals surface area contributed by atoms with Gasteiger partial charge in [0.15, 0.2) is 0 Å². The van der Waals surface area contributed by atoms with Crippen molar-refractivity contribution in [1.29, 1.82) is 0 Å². The largest absolute Gasteiger partial charge is 0.482 e. The molecule has 6 heteroatoms. The van der Waals surface area contributed by atoms with Crippen molar-refractivity contribution < 1.29 is 18.4 Å². The van der Waals surface area contributed by atoms with E-state index >= 15 is 0 Å². The average molecular weight is 397 g/mol. The highest BCUT2D eigenvalue weighted by molar-refractivity contribution is 7.00. The van der Waals surface area contributed by atoms with Crippen molar-refractivity contribution >= 4 is 27.5 Å². The van der Waals surface area contributed by atoms with Crippen LogP contribution in [0.15, 0.2) is 78.9 Å². The molecule has 140 valence electrons. The Kier molecular flexibility index (Phi) is 5.64. The molecule has 27 heavy (non-hydrogen) atoms. The summed E-state index contributed by atoms with van der Waals surface area (Å²) in [5, 5.41) is 1.94. The van der Waals surface area contributed by atoms with Crippen molar-refractivity contribution in [3.63, 3.8) is 0 Å². The molecule has 0 heterocycles. The first-order chi connectivity index (χ1) is 12.8. The summed E-state index contributed by atoms with van der Waals surface area (Å²) in [5.74, 6) is 1.50. The molecule has 4 nitrogen and oxygen atoms in total. The van der Waals surface area contributed by atoms with Gasteiger partial charge in [0.25, 0.3) is 0 Å². The number of hydrogen-bond donors (Lipinski definition) is 2. The van der Waals surface area contributed by atoms with E-state index in [4.69, 9.17) is 8.85 Å². The molecule has 3 rings (SSSR count). The van der Waals surface area contributed by atoms with Gasteiger partial charge in [0.05, 0.1) is 0 Å². The third-order valence-electron chi connectivity index (χ3n) is 4.38. The Hall–Kier alpha value is -2.23. The van der Waals surface area contributed by atoms with Crippen LogP contribution in [-0.2, 0) is 4.12 Å². The van der Waals surface area contributed by atoms with Crippen LogP contribution in [0.2, 0.25) is 13.1 Å². The molecule has 0 aromatic heterocycles. The van der Waals surface area contributed by atoms with E-state index in [1.165, 1.54) is 12.1 Å². The number of rotatable bonds is 6. The van der Waals surface area contributed by atoms with Gasteiger partial charge in [0, 0.05) is 6.55 Å². The Bertz CT molecular complexity index is 875. The molecule has 0 aliphatic rings. The van der Waals surface area contributed by atoms with Crippen LogP contribution < -0.4 is 15.1 Å². The van der Waals surface area contributed by atoms with Crippen LogP contribution in [-0.4, -0.2) is 26.7 Å². The normalized spacial score (nSPS) is 13.8. The molecule has 3 aromatic carbocycles. The molecule has 0 amide bonds. The van der Waals surface area contributed by atoms with E-state index in [2.05, 4.69) is 0 Å². The molecule has 0 spiro atoms. The first kappa shape index (κ1) is 19.5. The van der Waals surface area contributed by atoms with E-state index in [0.29, 0.717) is 0 Å². The van der Waals surface area contributed by atoms with Gasteiger partial charge in [-0.05, 0) is 48.1 Å². The van der Waals surface area contributed by atoms with Crippen molar-refractivity contribution in [3.05, 3.63) is 84.4 Å². The summed E-state index contributed by atoms with van der Waals surface area (Å²) in [6, 6.07) is 25.3. The van der Waals surface area contributed by atoms with E-state index in [0.717, 1.165) is 21.9 Å². The van der Waals surface area contributed by atoms with E-state index in [1.807, 2.05) is 92.3 Å². The van der Waals surface area contributed by atoms with Crippen molar-refractivity contribution in [3.8, 4) is 11.5 Å². The predicted octanol–water partition coefficient (Wildman–Crippen LogP) is 3.05. The first-order valence-electron chi connectivity index (χ1n) is 8.82. The van der Waals surface area contributed by atoms with Gasteiger partial charge in [0.1, 0.15) is 11.5 Å². The first-order valence-corrected chi connectivity index (χ1v) is 13.5. The van der Waals surface area contributed by atoms with Crippen molar-refractivity contribution in [1.82, 2.24) is 0 Å². The molecule has 0 aliphatic carbocycles. The summed E-state index contributed by atoms with van der Waals surface area (Å²) < 4.78 is 11.8. The van der Waals surface area contributed by atoms with Gasteiger partial charge in [-0.3, -0.25) is 0 Å². The third-order valence-corrected chi connectivity index (χ3v) is 10.4. The second-order valence-electron chi connectivity index (χ2n) is 6.87. The Balaban J connectivity index is 1.90. The number of hydrogen-bond acceptors (Lipinski definition) is 4. The van der Waals surface area contributed by atoms with Crippen LogP contribution >= 0.6 is 0 Å². The Morgan fingerprint density at radius 3 is 1.67 bits per heavy atom. The molecule has 0 bridgehead atoms. The zero-order valence-electron chi connectivity index (χ0n) is 15.7.